The number of hydrogen-bond donors (Lipinski definition) is 1. The summed E-state index contributed by atoms with van der Waals surface area (Å²) in [5.74, 6) is 0.758. The highest BCUT2D eigenvalue weighted by Gasteiger charge is 2.16. The van der Waals surface area contributed by atoms with Crippen molar-refractivity contribution in [1.29, 1.82) is 0 Å². The summed E-state index contributed by atoms with van der Waals surface area (Å²) in [6.45, 7) is 4.17. The Hall–Kier alpha value is -1.86. The van der Waals surface area contributed by atoms with E-state index in [1.807, 2.05) is 6.92 Å². The number of halogens is 1. The Morgan fingerprint density at radius 1 is 1.29 bits per heavy atom. The topological polar surface area (TPSA) is 81.2 Å². The summed E-state index contributed by atoms with van der Waals surface area (Å²) < 4.78 is 32.2. The number of rotatable bonds is 5. The van der Waals surface area contributed by atoms with E-state index in [0.29, 0.717) is 12.4 Å². The molecule has 0 saturated carbocycles. The van der Waals surface area contributed by atoms with Crippen LogP contribution in [0.15, 0.2) is 35.5 Å². The lowest BCUT2D eigenvalue weighted by atomic mass is 10.2. The second kappa shape index (κ2) is 6.28. The second-order valence-corrected chi connectivity index (χ2v) is 6.26. The highest BCUT2D eigenvalue weighted by Crippen LogP contribution is 2.23. The lowest BCUT2D eigenvalue weighted by molar-refractivity contribution is 0.337. The number of nitrogens with zero attached hydrogens (tertiary/aromatic N) is 2. The zero-order valence-electron chi connectivity index (χ0n) is 11.5. The van der Waals surface area contributed by atoms with Crippen LogP contribution < -0.4 is 9.46 Å². The van der Waals surface area contributed by atoms with Crippen molar-refractivity contribution >= 4 is 27.4 Å². The van der Waals surface area contributed by atoms with Gasteiger partial charge in [-0.05, 0) is 37.6 Å². The summed E-state index contributed by atoms with van der Waals surface area (Å²) in [5.41, 5.74) is 0.738. The van der Waals surface area contributed by atoms with Crippen molar-refractivity contribution in [2.75, 3.05) is 11.3 Å². The van der Waals surface area contributed by atoms with E-state index in [9.17, 15) is 8.42 Å². The van der Waals surface area contributed by atoms with Crippen LogP contribution in [0.25, 0.3) is 0 Å². The SMILES string of the molecule is CCOc1ccc(S(=O)(=O)Nc2cnc(Cl)cn2)cc1C. The van der Waals surface area contributed by atoms with Crippen LogP contribution in [-0.4, -0.2) is 25.0 Å². The van der Waals surface area contributed by atoms with Crippen molar-refractivity contribution in [3.63, 3.8) is 0 Å². The van der Waals surface area contributed by atoms with Crippen LogP contribution in [0.4, 0.5) is 5.82 Å². The van der Waals surface area contributed by atoms with Gasteiger partial charge in [0.1, 0.15) is 10.9 Å². The Kier molecular flexibility index (Phi) is 4.64. The Labute approximate surface area is 128 Å². The monoisotopic (exact) mass is 327 g/mol. The van der Waals surface area contributed by atoms with E-state index in [1.165, 1.54) is 24.5 Å². The average molecular weight is 328 g/mol. The lowest BCUT2D eigenvalue weighted by Crippen LogP contribution is -2.14. The molecule has 0 radical (unpaired) electrons. The van der Waals surface area contributed by atoms with E-state index < -0.39 is 10.0 Å². The first-order chi connectivity index (χ1) is 9.92. The van der Waals surface area contributed by atoms with Crippen LogP contribution in [0.1, 0.15) is 12.5 Å². The maximum atomic E-state index is 12.3. The fourth-order valence-electron chi connectivity index (χ4n) is 1.67. The Morgan fingerprint density at radius 3 is 2.62 bits per heavy atom. The number of nitrogens with one attached hydrogen (secondary N) is 1. The van der Waals surface area contributed by atoms with Crippen molar-refractivity contribution in [1.82, 2.24) is 9.97 Å². The van der Waals surface area contributed by atoms with Crippen molar-refractivity contribution in [3.8, 4) is 5.75 Å². The predicted octanol–water partition coefficient (Wildman–Crippen LogP) is 2.64. The van der Waals surface area contributed by atoms with E-state index >= 15 is 0 Å². The molecule has 0 unspecified atom stereocenters. The molecule has 0 saturated heterocycles. The fourth-order valence-corrected chi connectivity index (χ4v) is 2.84. The first kappa shape index (κ1) is 15.5. The molecule has 1 aromatic heterocycles. The molecule has 0 spiro atoms. The van der Waals surface area contributed by atoms with E-state index in [2.05, 4.69) is 14.7 Å². The highest BCUT2D eigenvalue weighted by molar-refractivity contribution is 7.92. The van der Waals surface area contributed by atoms with Gasteiger partial charge in [-0.1, -0.05) is 11.6 Å². The van der Waals surface area contributed by atoms with Crippen LogP contribution in [-0.2, 0) is 10.0 Å². The van der Waals surface area contributed by atoms with E-state index in [0.717, 1.165) is 5.56 Å². The van der Waals surface area contributed by atoms with Gasteiger partial charge in [0.25, 0.3) is 10.0 Å². The number of sulfonamides is 1. The van der Waals surface area contributed by atoms with Crippen LogP contribution in [0.2, 0.25) is 5.15 Å². The third kappa shape index (κ3) is 3.83. The second-order valence-electron chi connectivity index (χ2n) is 4.19. The van der Waals surface area contributed by atoms with Crippen molar-refractivity contribution in [2.45, 2.75) is 18.7 Å². The number of aryl methyl sites for hydroxylation is 1. The smallest absolute Gasteiger partial charge is 0.263 e. The highest BCUT2D eigenvalue weighted by atomic mass is 35.5. The molecule has 6 nitrogen and oxygen atoms in total. The van der Waals surface area contributed by atoms with Gasteiger partial charge in [0.2, 0.25) is 0 Å². The minimum absolute atomic E-state index is 0.103. The summed E-state index contributed by atoms with van der Waals surface area (Å²) in [7, 11) is -3.73. The molecular weight excluding hydrogens is 314 g/mol. The summed E-state index contributed by atoms with van der Waals surface area (Å²) in [6, 6.07) is 4.64. The molecule has 0 bridgehead atoms. The maximum Gasteiger partial charge on any atom is 0.263 e. The molecule has 0 aliphatic carbocycles. The first-order valence-electron chi connectivity index (χ1n) is 6.16. The zero-order valence-corrected chi connectivity index (χ0v) is 13.1. The molecule has 1 N–H and O–H groups in total. The molecule has 0 amide bonds. The van der Waals surface area contributed by atoms with E-state index in [4.69, 9.17) is 16.3 Å². The normalized spacial score (nSPS) is 11.2. The largest absolute Gasteiger partial charge is 0.494 e. The molecule has 2 aromatic rings. The molecule has 0 aliphatic rings. The van der Waals surface area contributed by atoms with Crippen LogP contribution in [0, 0.1) is 6.92 Å². The minimum atomic E-state index is -3.73. The van der Waals surface area contributed by atoms with Gasteiger partial charge in [0.05, 0.1) is 23.9 Å². The molecule has 0 atom stereocenters. The first-order valence-corrected chi connectivity index (χ1v) is 8.02. The third-order valence-corrected chi connectivity index (χ3v) is 4.16. The minimum Gasteiger partial charge on any atom is -0.494 e. The molecule has 0 fully saturated rings. The number of ether oxygens (including phenoxy) is 1. The predicted molar refractivity (Wildman–Crippen MR) is 80.2 cm³/mol. The van der Waals surface area contributed by atoms with Crippen molar-refractivity contribution < 1.29 is 13.2 Å². The molecule has 1 heterocycles. The quantitative estimate of drug-likeness (QED) is 0.913. The van der Waals surface area contributed by atoms with Crippen molar-refractivity contribution in [3.05, 3.63) is 41.3 Å². The number of anilines is 1. The summed E-state index contributed by atoms with van der Waals surface area (Å²) in [4.78, 5) is 7.74. The Balaban J connectivity index is 2.27. The van der Waals surface area contributed by atoms with Gasteiger partial charge in [-0.2, -0.15) is 0 Å². The van der Waals surface area contributed by atoms with Gasteiger partial charge in [-0.3, -0.25) is 4.72 Å². The van der Waals surface area contributed by atoms with Gasteiger partial charge in [0.15, 0.2) is 5.82 Å². The molecule has 8 heteroatoms. The summed E-state index contributed by atoms with van der Waals surface area (Å²) >= 11 is 5.60. The van der Waals surface area contributed by atoms with Crippen molar-refractivity contribution in [2.24, 2.45) is 0 Å². The number of benzene rings is 1. The third-order valence-electron chi connectivity index (χ3n) is 2.62. The lowest BCUT2D eigenvalue weighted by Gasteiger charge is -2.10. The van der Waals surface area contributed by atoms with Gasteiger partial charge in [0, 0.05) is 0 Å². The molecule has 2 rings (SSSR count). The van der Waals surface area contributed by atoms with Gasteiger partial charge in [-0.15, -0.1) is 0 Å². The van der Waals surface area contributed by atoms with Crippen LogP contribution in [0.5, 0.6) is 5.75 Å². The van der Waals surface area contributed by atoms with Crippen LogP contribution in [0.3, 0.4) is 0 Å². The number of hydrogen-bond acceptors (Lipinski definition) is 5. The molecule has 112 valence electrons. The molecular formula is C13H14ClN3O3S. The Morgan fingerprint density at radius 2 is 2.05 bits per heavy atom. The van der Waals surface area contributed by atoms with Gasteiger partial charge < -0.3 is 4.74 Å². The maximum absolute atomic E-state index is 12.3. The summed E-state index contributed by atoms with van der Waals surface area (Å²) in [6.07, 6.45) is 2.52. The fraction of sp³-hybridized carbons (Fsp3) is 0.231. The Bertz CT molecular complexity index is 733. The van der Waals surface area contributed by atoms with Crippen LogP contribution >= 0.6 is 11.6 Å². The van der Waals surface area contributed by atoms with E-state index in [1.54, 1.807) is 13.0 Å². The van der Waals surface area contributed by atoms with Gasteiger partial charge >= 0.3 is 0 Å². The summed E-state index contributed by atoms with van der Waals surface area (Å²) in [5, 5.41) is 0.190. The molecule has 21 heavy (non-hydrogen) atoms. The molecule has 0 aliphatic heterocycles. The average Bonchev–Trinajstić information content (AvgIpc) is 2.43. The standard InChI is InChI=1S/C13H14ClN3O3S/c1-3-20-11-5-4-10(6-9(11)2)21(18,19)17-13-8-15-12(14)7-16-13/h4-8H,3H2,1-2H3,(H,16,17). The van der Waals surface area contributed by atoms with E-state index in [-0.39, 0.29) is 15.9 Å². The zero-order chi connectivity index (χ0) is 15.5. The molecule has 1 aromatic carbocycles. The van der Waals surface area contributed by atoms with Gasteiger partial charge in [-0.25, -0.2) is 18.4 Å². The number of aromatic nitrogens is 2.